The highest BCUT2D eigenvalue weighted by molar-refractivity contribution is 5.71. The Labute approximate surface area is 120 Å². The summed E-state index contributed by atoms with van der Waals surface area (Å²) in [4.78, 5) is 35.8. The lowest BCUT2D eigenvalue weighted by molar-refractivity contribution is -0.143. The average molecular weight is 314 g/mol. The molecule has 0 bridgehead atoms. The smallest absolute Gasteiger partial charge is 0.432 e. The number of benzene rings is 1. The molecule has 0 saturated carbocycles. The Kier molecular flexibility index (Phi) is 4.15. The van der Waals surface area contributed by atoms with E-state index >= 15 is 0 Å². The van der Waals surface area contributed by atoms with Gasteiger partial charge in [-0.2, -0.15) is 17.7 Å². The first-order chi connectivity index (χ1) is 10.3. The SMILES string of the molecule is O=C(OCc1ccccc1)n1c(C(F)(F)F)cc(=O)[nH]c1=O. The van der Waals surface area contributed by atoms with Crippen LogP contribution < -0.4 is 11.2 Å². The lowest BCUT2D eigenvalue weighted by atomic mass is 10.2. The van der Waals surface area contributed by atoms with E-state index < -0.39 is 29.2 Å². The Morgan fingerprint density at radius 3 is 2.41 bits per heavy atom. The number of ether oxygens (including phenoxy) is 1. The minimum atomic E-state index is -5.06. The molecule has 6 nitrogen and oxygen atoms in total. The molecule has 0 fully saturated rings. The zero-order valence-electron chi connectivity index (χ0n) is 10.9. The first kappa shape index (κ1) is 15.5. The van der Waals surface area contributed by atoms with Gasteiger partial charge in [0.15, 0.2) is 0 Å². The number of halogens is 3. The molecule has 0 spiro atoms. The fourth-order valence-electron chi connectivity index (χ4n) is 1.67. The normalized spacial score (nSPS) is 11.2. The van der Waals surface area contributed by atoms with E-state index in [0.29, 0.717) is 5.56 Å². The predicted molar refractivity (Wildman–Crippen MR) is 68.3 cm³/mol. The second kappa shape index (κ2) is 5.88. The molecule has 0 radical (unpaired) electrons. The van der Waals surface area contributed by atoms with Gasteiger partial charge in [-0.05, 0) is 5.56 Å². The van der Waals surface area contributed by atoms with Gasteiger partial charge in [0.05, 0.1) is 0 Å². The quantitative estimate of drug-likeness (QED) is 0.915. The monoisotopic (exact) mass is 314 g/mol. The van der Waals surface area contributed by atoms with Crippen molar-refractivity contribution in [3.05, 3.63) is 68.5 Å². The summed E-state index contributed by atoms with van der Waals surface area (Å²) in [5, 5.41) is 0. The zero-order chi connectivity index (χ0) is 16.3. The van der Waals surface area contributed by atoms with Gasteiger partial charge in [-0.1, -0.05) is 30.3 Å². The molecule has 0 saturated heterocycles. The highest BCUT2D eigenvalue weighted by atomic mass is 19.4. The minimum absolute atomic E-state index is 0.116. The van der Waals surface area contributed by atoms with Crippen molar-refractivity contribution in [1.82, 2.24) is 9.55 Å². The molecule has 0 aliphatic carbocycles. The fourth-order valence-corrected chi connectivity index (χ4v) is 1.67. The molecule has 1 N–H and O–H groups in total. The lowest BCUT2D eigenvalue weighted by Crippen LogP contribution is -2.39. The van der Waals surface area contributed by atoms with E-state index in [1.54, 1.807) is 35.3 Å². The molecular weight excluding hydrogens is 305 g/mol. The van der Waals surface area contributed by atoms with Gasteiger partial charge in [0, 0.05) is 6.07 Å². The van der Waals surface area contributed by atoms with E-state index in [0.717, 1.165) is 0 Å². The van der Waals surface area contributed by atoms with Gasteiger partial charge in [-0.3, -0.25) is 9.78 Å². The summed E-state index contributed by atoms with van der Waals surface area (Å²) >= 11 is 0. The van der Waals surface area contributed by atoms with Crippen LogP contribution in [0.15, 0.2) is 46.0 Å². The molecule has 2 rings (SSSR count). The molecule has 22 heavy (non-hydrogen) atoms. The van der Waals surface area contributed by atoms with E-state index in [1.165, 1.54) is 0 Å². The molecule has 1 aromatic heterocycles. The van der Waals surface area contributed by atoms with Gasteiger partial charge in [-0.25, -0.2) is 9.59 Å². The molecule has 9 heteroatoms. The number of nitrogens with zero attached hydrogens (tertiary/aromatic N) is 1. The van der Waals surface area contributed by atoms with Gasteiger partial charge in [0.25, 0.3) is 5.56 Å². The summed E-state index contributed by atoms with van der Waals surface area (Å²) in [6.45, 7) is -0.317. The standard InChI is InChI=1S/C13H9F3N2O4/c14-13(15,16)9-6-10(19)17-11(20)18(9)12(21)22-7-8-4-2-1-3-5-8/h1-6H,7H2,(H,17,19,20). The molecule has 0 unspecified atom stereocenters. The first-order valence-corrected chi connectivity index (χ1v) is 5.93. The van der Waals surface area contributed by atoms with Crippen LogP contribution in [0.2, 0.25) is 0 Å². The van der Waals surface area contributed by atoms with Crippen molar-refractivity contribution in [2.75, 3.05) is 0 Å². The Bertz CT molecular complexity index is 793. The number of carbonyl (C=O) groups excluding carboxylic acids is 1. The number of alkyl halides is 3. The number of aromatic nitrogens is 2. The van der Waals surface area contributed by atoms with E-state index in [1.807, 2.05) is 0 Å². The van der Waals surface area contributed by atoms with Crippen molar-refractivity contribution >= 4 is 6.09 Å². The van der Waals surface area contributed by atoms with Crippen LogP contribution in [0.1, 0.15) is 11.3 Å². The summed E-state index contributed by atoms with van der Waals surface area (Å²) in [5.41, 5.74) is -3.94. The molecule has 0 aliphatic rings. The molecule has 1 aromatic carbocycles. The molecular formula is C13H9F3N2O4. The molecule has 0 aliphatic heterocycles. The highest BCUT2D eigenvalue weighted by Crippen LogP contribution is 2.27. The van der Waals surface area contributed by atoms with E-state index in [2.05, 4.69) is 4.74 Å². The maximum absolute atomic E-state index is 12.8. The summed E-state index contributed by atoms with van der Waals surface area (Å²) in [7, 11) is 0. The third-order valence-electron chi connectivity index (χ3n) is 2.62. The average Bonchev–Trinajstić information content (AvgIpc) is 2.44. The fraction of sp³-hybridized carbons (Fsp3) is 0.154. The summed E-state index contributed by atoms with van der Waals surface area (Å²) in [6, 6.07) is 8.30. The first-order valence-electron chi connectivity index (χ1n) is 5.93. The third-order valence-corrected chi connectivity index (χ3v) is 2.62. The van der Waals surface area contributed by atoms with Crippen molar-refractivity contribution in [3.63, 3.8) is 0 Å². The van der Waals surface area contributed by atoms with Crippen LogP contribution in [0.5, 0.6) is 0 Å². The van der Waals surface area contributed by atoms with Gasteiger partial charge in [-0.15, -0.1) is 0 Å². The van der Waals surface area contributed by atoms with E-state index in [4.69, 9.17) is 0 Å². The number of carbonyl (C=O) groups is 1. The Balaban J connectivity index is 2.34. The topological polar surface area (TPSA) is 81.2 Å². The van der Waals surface area contributed by atoms with Gasteiger partial charge in [0.2, 0.25) is 0 Å². The number of rotatable bonds is 2. The van der Waals surface area contributed by atoms with Crippen LogP contribution in [0.25, 0.3) is 0 Å². The van der Waals surface area contributed by atoms with Gasteiger partial charge < -0.3 is 4.74 Å². The maximum atomic E-state index is 12.8. The maximum Gasteiger partial charge on any atom is 0.432 e. The third kappa shape index (κ3) is 3.43. The second-order valence-electron chi connectivity index (χ2n) is 4.20. The summed E-state index contributed by atoms with van der Waals surface area (Å²) in [5.74, 6) is 0. The van der Waals surface area contributed by atoms with Crippen LogP contribution in [0.3, 0.4) is 0 Å². The number of aromatic amines is 1. The number of hydrogen-bond acceptors (Lipinski definition) is 4. The van der Waals surface area contributed by atoms with Crippen molar-refractivity contribution in [3.8, 4) is 0 Å². The molecule has 1 heterocycles. The van der Waals surface area contributed by atoms with E-state index in [9.17, 15) is 27.6 Å². The molecule has 116 valence electrons. The number of H-pyrrole nitrogens is 1. The van der Waals surface area contributed by atoms with Gasteiger partial charge in [0.1, 0.15) is 12.3 Å². The highest BCUT2D eigenvalue weighted by Gasteiger charge is 2.37. The van der Waals surface area contributed by atoms with Gasteiger partial charge >= 0.3 is 18.0 Å². The van der Waals surface area contributed by atoms with E-state index in [-0.39, 0.29) is 17.2 Å². The van der Waals surface area contributed by atoms with Crippen LogP contribution in [-0.2, 0) is 17.5 Å². The largest absolute Gasteiger partial charge is 0.444 e. The molecule has 0 atom stereocenters. The Hall–Kier alpha value is -2.84. The van der Waals surface area contributed by atoms with Crippen LogP contribution in [0, 0.1) is 0 Å². The summed E-state index contributed by atoms with van der Waals surface area (Å²) in [6.07, 6.45) is -6.59. The lowest BCUT2D eigenvalue weighted by Gasteiger charge is -2.13. The van der Waals surface area contributed by atoms with Crippen molar-refractivity contribution in [2.24, 2.45) is 0 Å². The minimum Gasteiger partial charge on any atom is -0.444 e. The van der Waals surface area contributed by atoms with Crippen LogP contribution >= 0.6 is 0 Å². The second-order valence-corrected chi connectivity index (χ2v) is 4.20. The summed E-state index contributed by atoms with van der Waals surface area (Å²) < 4.78 is 42.8. The number of hydrogen-bond donors (Lipinski definition) is 1. The molecule has 0 amide bonds. The Morgan fingerprint density at radius 2 is 1.82 bits per heavy atom. The molecule has 2 aromatic rings. The van der Waals surface area contributed by atoms with Crippen LogP contribution in [-0.4, -0.2) is 15.6 Å². The Morgan fingerprint density at radius 1 is 1.18 bits per heavy atom. The van der Waals surface area contributed by atoms with Crippen molar-refractivity contribution in [2.45, 2.75) is 12.8 Å². The zero-order valence-corrected chi connectivity index (χ0v) is 10.9. The van der Waals surface area contributed by atoms with Crippen molar-refractivity contribution < 1.29 is 22.7 Å². The predicted octanol–water partition coefficient (Wildman–Crippen LogP) is 1.74. The van der Waals surface area contributed by atoms with Crippen molar-refractivity contribution in [1.29, 1.82) is 0 Å². The number of nitrogens with one attached hydrogen (secondary N) is 1. The van der Waals surface area contributed by atoms with Crippen LogP contribution in [0.4, 0.5) is 18.0 Å².